The lowest BCUT2D eigenvalue weighted by Gasteiger charge is -2.13. The summed E-state index contributed by atoms with van der Waals surface area (Å²) < 4.78 is 0. The molecule has 0 saturated carbocycles. The summed E-state index contributed by atoms with van der Waals surface area (Å²) in [5, 5.41) is 14.6. The maximum atomic E-state index is 11.7. The number of hydrogen-bond donors (Lipinski definition) is 3. The standard InChI is InChI=1S/C12H16ClN3O2/c1-8(6-11(14)16-18)15-12(17)7-9-4-2-3-5-10(9)13/h2-5,8,18H,6-7H2,1H3,(H2,14,16)(H,15,17). The molecule has 0 bridgehead atoms. The van der Waals surface area contributed by atoms with Gasteiger partial charge < -0.3 is 16.3 Å². The molecule has 0 fully saturated rings. The van der Waals surface area contributed by atoms with Crippen molar-refractivity contribution in [3.05, 3.63) is 34.9 Å². The summed E-state index contributed by atoms with van der Waals surface area (Å²) in [6.45, 7) is 1.78. The van der Waals surface area contributed by atoms with E-state index in [1.54, 1.807) is 19.1 Å². The number of nitrogens with zero attached hydrogens (tertiary/aromatic N) is 1. The van der Waals surface area contributed by atoms with Gasteiger partial charge >= 0.3 is 0 Å². The number of oxime groups is 1. The molecule has 6 heteroatoms. The number of amides is 1. The minimum Gasteiger partial charge on any atom is -0.409 e. The van der Waals surface area contributed by atoms with Crippen LogP contribution in [-0.4, -0.2) is 23.0 Å². The van der Waals surface area contributed by atoms with Gasteiger partial charge in [0.1, 0.15) is 5.84 Å². The summed E-state index contributed by atoms with van der Waals surface area (Å²) in [6, 6.07) is 6.98. The van der Waals surface area contributed by atoms with E-state index in [9.17, 15) is 4.79 Å². The molecule has 0 aliphatic rings. The number of amidine groups is 1. The van der Waals surface area contributed by atoms with Gasteiger partial charge in [0.2, 0.25) is 5.91 Å². The summed E-state index contributed by atoms with van der Waals surface area (Å²) in [6.07, 6.45) is 0.505. The molecule has 0 aliphatic carbocycles. The van der Waals surface area contributed by atoms with Crippen LogP contribution < -0.4 is 11.1 Å². The van der Waals surface area contributed by atoms with Crippen molar-refractivity contribution in [2.45, 2.75) is 25.8 Å². The SMILES string of the molecule is CC(C/C(N)=N/O)NC(=O)Cc1ccccc1Cl. The molecular formula is C12H16ClN3O2. The van der Waals surface area contributed by atoms with Crippen LogP contribution in [0.5, 0.6) is 0 Å². The summed E-state index contributed by atoms with van der Waals surface area (Å²) in [5.41, 5.74) is 6.12. The lowest BCUT2D eigenvalue weighted by Crippen LogP contribution is -2.36. The highest BCUT2D eigenvalue weighted by Gasteiger charge is 2.11. The molecule has 0 heterocycles. The van der Waals surface area contributed by atoms with Crippen LogP contribution >= 0.6 is 11.6 Å². The maximum absolute atomic E-state index is 11.7. The zero-order valence-corrected chi connectivity index (χ0v) is 10.8. The average molecular weight is 270 g/mol. The van der Waals surface area contributed by atoms with Gasteiger partial charge in [-0.05, 0) is 18.6 Å². The van der Waals surface area contributed by atoms with Crippen LogP contribution in [0.4, 0.5) is 0 Å². The normalized spacial score (nSPS) is 13.1. The van der Waals surface area contributed by atoms with E-state index in [1.165, 1.54) is 0 Å². The number of hydrogen-bond acceptors (Lipinski definition) is 3. The Balaban J connectivity index is 2.50. The first-order chi connectivity index (χ1) is 8.52. The van der Waals surface area contributed by atoms with Gasteiger partial charge in [-0.1, -0.05) is 35.0 Å². The lowest BCUT2D eigenvalue weighted by molar-refractivity contribution is -0.121. The van der Waals surface area contributed by atoms with Crippen LogP contribution in [0.25, 0.3) is 0 Å². The predicted octanol–water partition coefficient (Wildman–Crippen LogP) is 1.52. The first kappa shape index (κ1) is 14.3. The Morgan fingerprint density at radius 1 is 1.56 bits per heavy atom. The Labute approximate surface area is 111 Å². The topological polar surface area (TPSA) is 87.7 Å². The number of nitrogens with one attached hydrogen (secondary N) is 1. The summed E-state index contributed by atoms with van der Waals surface area (Å²) in [4.78, 5) is 11.7. The Kier molecular flexibility index (Phi) is 5.45. The van der Waals surface area contributed by atoms with E-state index in [2.05, 4.69) is 10.5 Å². The molecule has 1 aromatic rings. The van der Waals surface area contributed by atoms with Gasteiger partial charge in [0.25, 0.3) is 0 Å². The number of carbonyl (C=O) groups excluding carboxylic acids is 1. The highest BCUT2D eigenvalue weighted by molar-refractivity contribution is 6.31. The third-order valence-electron chi connectivity index (χ3n) is 2.36. The van der Waals surface area contributed by atoms with E-state index in [4.69, 9.17) is 22.5 Å². The van der Waals surface area contributed by atoms with Crippen molar-refractivity contribution in [1.82, 2.24) is 5.32 Å². The van der Waals surface area contributed by atoms with Gasteiger partial charge in [0, 0.05) is 17.5 Å². The largest absolute Gasteiger partial charge is 0.409 e. The Bertz CT molecular complexity index is 449. The molecule has 0 aromatic heterocycles. The molecule has 1 rings (SSSR count). The maximum Gasteiger partial charge on any atom is 0.224 e. The molecule has 0 saturated heterocycles. The van der Waals surface area contributed by atoms with E-state index in [1.807, 2.05) is 12.1 Å². The molecule has 98 valence electrons. The van der Waals surface area contributed by atoms with Gasteiger partial charge in [0.15, 0.2) is 0 Å². The van der Waals surface area contributed by atoms with Crippen LogP contribution in [-0.2, 0) is 11.2 Å². The van der Waals surface area contributed by atoms with Crippen LogP contribution in [0.3, 0.4) is 0 Å². The molecule has 0 spiro atoms. The molecule has 0 radical (unpaired) electrons. The Morgan fingerprint density at radius 3 is 2.83 bits per heavy atom. The smallest absolute Gasteiger partial charge is 0.224 e. The van der Waals surface area contributed by atoms with Crippen LogP contribution in [0.2, 0.25) is 5.02 Å². The van der Waals surface area contributed by atoms with Crippen molar-refractivity contribution in [1.29, 1.82) is 0 Å². The van der Waals surface area contributed by atoms with Gasteiger partial charge in [-0.2, -0.15) is 0 Å². The van der Waals surface area contributed by atoms with E-state index in [0.29, 0.717) is 11.4 Å². The van der Waals surface area contributed by atoms with Gasteiger partial charge in [-0.25, -0.2) is 0 Å². The summed E-state index contributed by atoms with van der Waals surface area (Å²) in [7, 11) is 0. The zero-order valence-electron chi connectivity index (χ0n) is 10.1. The van der Waals surface area contributed by atoms with Crippen molar-refractivity contribution in [2.75, 3.05) is 0 Å². The predicted molar refractivity (Wildman–Crippen MR) is 70.8 cm³/mol. The van der Waals surface area contributed by atoms with Crippen LogP contribution in [0.1, 0.15) is 18.9 Å². The Hall–Kier alpha value is -1.75. The lowest BCUT2D eigenvalue weighted by atomic mass is 10.1. The number of nitrogens with two attached hydrogens (primary N) is 1. The first-order valence-corrected chi connectivity index (χ1v) is 5.90. The molecule has 5 nitrogen and oxygen atoms in total. The van der Waals surface area contributed by atoms with Gasteiger partial charge in [-0.15, -0.1) is 0 Å². The van der Waals surface area contributed by atoms with Crippen LogP contribution in [0, 0.1) is 0 Å². The number of halogens is 1. The molecule has 4 N–H and O–H groups in total. The highest BCUT2D eigenvalue weighted by atomic mass is 35.5. The minimum absolute atomic E-state index is 0.0838. The minimum atomic E-state index is -0.198. The molecule has 1 atom stereocenters. The highest BCUT2D eigenvalue weighted by Crippen LogP contribution is 2.15. The molecule has 1 amide bonds. The van der Waals surface area contributed by atoms with Gasteiger partial charge in [-0.3, -0.25) is 4.79 Å². The summed E-state index contributed by atoms with van der Waals surface area (Å²) >= 11 is 5.96. The zero-order chi connectivity index (χ0) is 13.5. The molecule has 0 aliphatic heterocycles. The molecular weight excluding hydrogens is 254 g/mol. The second-order valence-electron chi connectivity index (χ2n) is 4.03. The van der Waals surface area contributed by atoms with E-state index in [0.717, 1.165) is 5.56 Å². The fourth-order valence-electron chi connectivity index (χ4n) is 1.55. The molecule has 18 heavy (non-hydrogen) atoms. The van der Waals surface area contributed by atoms with Crippen LogP contribution in [0.15, 0.2) is 29.4 Å². The Morgan fingerprint density at radius 2 is 2.22 bits per heavy atom. The fourth-order valence-corrected chi connectivity index (χ4v) is 1.75. The van der Waals surface area contributed by atoms with Crippen molar-refractivity contribution in [3.8, 4) is 0 Å². The van der Waals surface area contributed by atoms with Crippen molar-refractivity contribution in [2.24, 2.45) is 10.9 Å². The fraction of sp³-hybridized carbons (Fsp3) is 0.333. The monoisotopic (exact) mass is 269 g/mol. The molecule has 1 unspecified atom stereocenters. The van der Waals surface area contributed by atoms with Crippen molar-refractivity contribution in [3.63, 3.8) is 0 Å². The quantitative estimate of drug-likeness (QED) is 0.328. The molecule has 1 aromatic carbocycles. The first-order valence-electron chi connectivity index (χ1n) is 5.52. The van der Waals surface area contributed by atoms with E-state index >= 15 is 0 Å². The second-order valence-corrected chi connectivity index (χ2v) is 4.44. The third-order valence-corrected chi connectivity index (χ3v) is 2.73. The van der Waals surface area contributed by atoms with Gasteiger partial charge in [0.05, 0.1) is 6.42 Å². The average Bonchev–Trinajstić information content (AvgIpc) is 2.31. The van der Waals surface area contributed by atoms with E-state index in [-0.39, 0.29) is 24.2 Å². The third kappa shape index (κ3) is 4.63. The summed E-state index contributed by atoms with van der Waals surface area (Å²) in [5.74, 6) is -0.0677. The number of benzene rings is 1. The second kappa shape index (κ2) is 6.86. The van der Waals surface area contributed by atoms with E-state index < -0.39 is 0 Å². The number of carbonyl (C=O) groups is 1. The van der Waals surface area contributed by atoms with Crippen molar-refractivity contribution >= 4 is 23.3 Å². The number of rotatable bonds is 5. The van der Waals surface area contributed by atoms with Crippen molar-refractivity contribution < 1.29 is 10.0 Å².